The summed E-state index contributed by atoms with van der Waals surface area (Å²) >= 11 is 12.4. The molecule has 2 aliphatic rings. The molecule has 4 atom stereocenters. The Labute approximate surface area is 227 Å². The molecule has 2 aromatic carbocycles. The highest BCUT2D eigenvalue weighted by Gasteiger charge is 2.48. The summed E-state index contributed by atoms with van der Waals surface area (Å²) in [6, 6.07) is 12.6. The number of amides is 1. The first kappa shape index (κ1) is 27.9. The Kier molecular flexibility index (Phi) is 8.84. The van der Waals surface area contributed by atoms with Crippen LogP contribution >= 0.6 is 23.2 Å². The number of sulfone groups is 1. The molecule has 7 nitrogen and oxygen atoms in total. The number of aliphatic carboxylic acids is 1. The van der Waals surface area contributed by atoms with Crippen LogP contribution in [-0.2, 0) is 24.2 Å². The molecule has 1 unspecified atom stereocenters. The van der Waals surface area contributed by atoms with Crippen LogP contribution in [0.15, 0.2) is 48.5 Å². The van der Waals surface area contributed by atoms with Gasteiger partial charge in [-0.15, -0.1) is 0 Å². The predicted octanol–water partition coefficient (Wildman–Crippen LogP) is 5.61. The van der Waals surface area contributed by atoms with Gasteiger partial charge in [-0.1, -0.05) is 67.2 Å². The van der Waals surface area contributed by atoms with Gasteiger partial charge in [0.2, 0.25) is 0 Å². The number of ether oxygens (including phenoxy) is 1. The Bertz CT molecular complexity index is 1230. The van der Waals surface area contributed by atoms with E-state index in [1.165, 1.54) is 0 Å². The van der Waals surface area contributed by atoms with E-state index in [4.69, 9.17) is 27.9 Å². The zero-order valence-electron chi connectivity index (χ0n) is 20.6. The summed E-state index contributed by atoms with van der Waals surface area (Å²) in [4.78, 5) is 27.1. The fourth-order valence-electron chi connectivity index (χ4n) is 5.45. The molecule has 0 aromatic heterocycles. The summed E-state index contributed by atoms with van der Waals surface area (Å²) in [7, 11) is -3.48. The summed E-state index contributed by atoms with van der Waals surface area (Å²) in [6.45, 7) is 1.84. The topological polar surface area (TPSA) is 101 Å². The minimum Gasteiger partial charge on any atom is -0.481 e. The van der Waals surface area contributed by atoms with E-state index in [2.05, 4.69) is 0 Å². The van der Waals surface area contributed by atoms with Crippen LogP contribution in [0.1, 0.15) is 68.7 Å². The number of hydrogen-bond donors (Lipinski definition) is 1. The molecule has 10 heteroatoms. The van der Waals surface area contributed by atoms with E-state index < -0.39 is 57.7 Å². The van der Waals surface area contributed by atoms with Gasteiger partial charge in [-0.05, 0) is 54.7 Å². The van der Waals surface area contributed by atoms with Crippen LogP contribution in [0, 0.1) is 0 Å². The van der Waals surface area contributed by atoms with Crippen LogP contribution < -0.4 is 0 Å². The zero-order valence-corrected chi connectivity index (χ0v) is 22.9. The van der Waals surface area contributed by atoms with E-state index in [0.717, 1.165) is 12.8 Å². The van der Waals surface area contributed by atoms with Crippen LogP contribution in [0.25, 0.3) is 0 Å². The van der Waals surface area contributed by atoms with E-state index in [-0.39, 0.29) is 5.75 Å². The van der Waals surface area contributed by atoms with Gasteiger partial charge in [0, 0.05) is 16.1 Å². The van der Waals surface area contributed by atoms with Gasteiger partial charge in [0.15, 0.2) is 9.84 Å². The molecule has 1 saturated heterocycles. The van der Waals surface area contributed by atoms with Crippen molar-refractivity contribution in [3.05, 3.63) is 69.7 Å². The molecule has 37 heavy (non-hydrogen) atoms. The molecule has 0 radical (unpaired) electrons. The van der Waals surface area contributed by atoms with Gasteiger partial charge in [-0.25, -0.2) is 8.42 Å². The molecule has 1 aliphatic carbocycles. The van der Waals surface area contributed by atoms with Crippen molar-refractivity contribution in [1.29, 1.82) is 0 Å². The lowest BCUT2D eigenvalue weighted by molar-refractivity contribution is -0.182. The molecule has 1 heterocycles. The first-order valence-electron chi connectivity index (χ1n) is 12.5. The molecule has 1 amide bonds. The fourth-order valence-corrected chi connectivity index (χ4v) is 8.03. The molecule has 1 N–H and O–H groups in total. The van der Waals surface area contributed by atoms with Crippen LogP contribution in [0.2, 0.25) is 10.0 Å². The van der Waals surface area contributed by atoms with Crippen LogP contribution in [0.3, 0.4) is 0 Å². The summed E-state index contributed by atoms with van der Waals surface area (Å²) in [5, 5.41) is 10.1. The Balaban J connectivity index is 1.83. The number of carbonyl (C=O) groups is 2. The van der Waals surface area contributed by atoms with E-state index in [1.807, 2.05) is 13.0 Å². The van der Waals surface area contributed by atoms with Crippen molar-refractivity contribution in [3.8, 4) is 0 Å². The summed E-state index contributed by atoms with van der Waals surface area (Å²) < 4.78 is 33.0. The third-order valence-corrected chi connectivity index (χ3v) is 10.1. The van der Waals surface area contributed by atoms with Crippen LogP contribution in [0.5, 0.6) is 0 Å². The molecule has 200 valence electrons. The highest BCUT2D eigenvalue weighted by molar-refractivity contribution is 7.92. The minimum atomic E-state index is -3.48. The number of morpholine rings is 1. The summed E-state index contributed by atoms with van der Waals surface area (Å²) in [5.74, 6) is -1.90. The smallest absolute Gasteiger partial charge is 0.306 e. The Morgan fingerprint density at radius 1 is 1.08 bits per heavy atom. The average molecular weight is 569 g/mol. The van der Waals surface area contributed by atoms with Gasteiger partial charge in [0.1, 0.15) is 12.2 Å². The van der Waals surface area contributed by atoms with Gasteiger partial charge in [-0.3, -0.25) is 9.59 Å². The molecule has 0 spiro atoms. The van der Waals surface area contributed by atoms with Crippen molar-refractivity contribution < 1.29 is 27.9 Å². The monoisotopic (exact) mass is 567 g/mol. The van der Waals surface area contributed by atoms with Gasteiger partial charge in [0.05, 0.1) is 23.5 Å². The lowest BCUT2D eigenvalue weighted by Gasteiger charge is -2.48. The zero-order chi connectivity index (χ0) is 26.7. The van der Waals surface area contributed by atoms with Gasteiger partial charge in [-0.2, -0.15) is 0 Å². The number of carboxylic acid groups (broad SMARTS) is 1. The molecule has 2 aromatic rings. The maximum atomic E-state index is 13.9. The number of hydrogen-bond acceptors (Lipinski definition) is 5. The van der Waals surface area contributed by atoms with Crippen LogP contribution in [-0.4, -0.2) is 53.4 Å². The van der Waals surface area contributed by atoms with Gasteiger partial charge < -0.3 is 14.7 Å². The molecule has 1 saturated carbocycles. The largest absolute Gasteiger partial charge is 0.481 e. The second-order valence-corrected chi connectivity index (χ2v) is 12.9. The fraction of sp³-hybridized carbons (Fsp3) is 0.481. The highest BCUT2D eigenvalue weighted by Crippen LogP contribution is 2.45. The Hall–Kier alpha value is -2.13. The summed E-state index contributed by atoms with van der Waals surface area (Å²) in [5.41, 5.74) is 1.36. The molecular formula is C27H31Cl2NO6S. The van der Waals surface area contributed by atoms with E-state index in [9.17, 15) is 23.1 Å². The second-order valence-electron chi connectivity index (χ2n) is 9.74. The van der Waals surface area contributed by atoms with Crippen LogP contribution in [0.4, 0.5) is 0 Å². The molecule has 4 rings (SSSR count). The lowest BCUT2D eigenvalue weighted by Crippen LogP contribution is -2.56. The van der Waals surface area contributed by atoms with E-state index in [1.54, 1.807) is 47.4 Å². The Morgan fingerprint density at radius 2 is 1.76 bits per heavy atom. The highest BCUT2D eigenvalue weighted by atomic mass is 35.5. The molecule has 0 bridgehead atoms. The van der Waals surface area contributed by atoms with Gasteiger partial charge in [0.25, 0.3) is 5.91 Å². The van der Waals surface area contributed by atoms with Gasteiger partial charge >= 0.3 is 5.97 Å². The lowest BCUT2D eigenvalue weighted by atomic mass is 9.89. The maximum absolute atomic E-state index is 13.9. The first-order chi connectivity index (χ1) is 17.6. The van der Waals surface area contributed by atoms with Crippen molar-refractivity contribution in [3.63, 3.8) is 0 Å². The van der Waals surface area contributed by atoms with Crippen molar-refractivity contribution in [2.24, 2.45) is 0 Å². The SMILES string of the molecule is CCC(CS(=O)(=O)C1CCCC1)N1C(=O)[C@@H](CC(=O)O)O[C@H](c2cccc(Cl)c2)[C@H]1c1ccc(Cl)cc1. The van der Waals surface area contributed by atoms with Crippen molar-refractivity contribution in [1.82, 2.24) is 4.90 Å². The maximum Gasteiger partial charge on any atom is 0.306 e. The quantitative estimate of drug-likeness (QED) is 0.422. The number of carboxylic acids is 1. The first-order valence-corrected chi connectivity index (χ1v) is 15.0. The molecular weight excluding hydrogens is 537 g/mol. The number of halogens is 2. The summed E-state index contributed by atoms with van der Waals surface area (Å²) in [6.07, 6.45) is 0.810. The number of nitrogens with zero attached hydrogens (tertiary/aromatic N) is 1. The van der Waals surface area contributed by atoms with Crippen molar-refractivity contribution in [2.45, 2.75) is 75.0 Å². The van der Waals surface area contributed by atoms with E-state index in [0.29, 0.717) is 40.4 Å². The number of carbonyl (C=O) groups excluding carboxylic acids is 1. The second kappa shape index (κ2) is 11.7. The van der Waals surface area contributed by atoms with E-state index >= 15 is 0 Å². The molecule has 2 fully saturated rings. The standard InChI is InChI=1S/C27H31Cl2NO6S/c1-2-21(16-37(34,35)22-8-3-4-9-22)30-25(17-10-12-19(28)13-11-17)26(18-6-5-7-20(29)14-18)36-23(27(30)33)15-24(31)32/h5-7,10-14,21-23,25-26H,2-4,8-9,15-16H2,1H3,(H,31,32)/t21?,23-,25-,26-/m1/s1. The van der Waals surface area contributed by atoms with Crippen molar-refractivity contribution in [2.75, 3.05) is 5.75 Å². The third kappa shape index (κ3) is 6.30. The molecule has 1 aliphatic heterocycles. The average Bonchev–Trinajstić information content (AvgIpc) is 3.40. The number of benzene rings is 2. The third-order valence-electron chi connectivity index (χ3n) is 7.28. The predicted molar refractivity (Wildman–Crippen MR) is 142 cm³/mol. The number of rotatable bonds is 9. The van der Waals surface area contributed by atoms with Crippen molar-refractivity contribution >= 4 is 44.9 Å². The minimum absolute atomic E-state index is 0.188. The Morgan fingerprint density at radius 3 is 2.35 bits per heavy atom. The normalized spacial score (nSPS) is 23.8.